The Morgan fingerprint density at radius 1 is 1.25 bits per heavy atom. The molecule has 0 unspecified atom stereocenters. The van der Waals surface area contributed by atoms with Crippen LogP contribution in [-0.4, -0.2) is 44.6 Å². The van der Waals surface area contributed by atoms with Crippen molar-refractivity contribution >= 4 is 15.0 Å². The average molecular weight is 158 g/mol. The summed E-state index contributed by atoms with van der Waals surface area (Å²) < 4.78 is 1.90. The average Bonchev–Trinajstić information content (AvgIpc) is 2.04. The molecule has 0 aliphatic rings. The van der Waals surface area contributed by atoms with Crippen molar-refractivity contribution in [1.82, 2.24) is 9.53 Å². The molecular formula is C8H12B2N2. The fourth-order valence-corrected chi connectivity index (χ4v) is 0.742. The van der Waals surface area contributed by atoms with Crippen LogP contribution in [0.4, 0.5) is 0 Å². The molecule has 0 rings (SSSR count). The Morgan fingerprint density at radius 3 is 2.25 bits per heavy atom. The first kappa shape index (κ1) is 11.2. The topological polar surface area (TPSA) is 6.48 Å². The van der Waals surface area contributed by atoms with Crippen LogP contribution in [0.2, 0.25) is 6.82 Å². The van der Waals surface area contributed by atoms with Gasteiger partial charge in [-0.1, -0.05) is 18.7 Å². The Bertz CT molecular complexity index is 192. The molecule has 4 heteroatoms. The van der Waals surface area contributed by atoms with Gasteiger partial charge in [0.2, 0.25) is 0 Å². The SMILES string of the molecule is C#CCN(C)[B]N([B]C)CC#C. The van der Waals surface area contributed by atoms with Crippen LogP contribution in [-0.2, 0) is 0 Å². The standard InChI is InChI=1S/C8H12B2N2/c1-5-7-11(4)10-12(9-3)8-6-2/h1-2H,7-8H2,3-4H3. The highest BCUT2D eigenvalue weighted by atomic mass is 15.1. The van der Waals surface area contributed by atoms with E-state index < -0.39 is 0 Å². The summed E-state index contributed by atoms with van der Waals surface area (Å²) >= 11 is 0. The Kier molecular flexibility index (Phi) is 6.38. The lowest BCUT2D eigenvalue weighted by atomic mass is 9.85. The predicted octanol–water partition coefficient (Wildman–Crippen LogP) is -0.312. The molecule has 0 spiro atoms. The summed E-state index contributed by atoms with van der Waals surface area (Å²) in [6.07, 6.45) is 10.3. The second-order valence-electron chi connectivity index (χ2n) is 2.37. The van der Waals surface area contributed by atoms with Gasteiger partial charge in [0.1, 0.15) is 0 Å². The van der Waals surface area contributed by atoms with Crippen LogP contribution >= 0.6 is 0 Å². The van der Waals surface area contributed by atoms with E-state index in [4.69, 9.17) is 12.8 Å². The molecule has 0 N–H and O–H groups in total. The van der Waals surface area contributed by atoms with Crippen molar-refractivity contribution in [3.63, 3.8) is 0 Å². The molecule has 0 heterocycles. The van der Waals surface area contributed by atoms with Gasteiger partial charge in [-0.05, 0) is 7.05 Å². The molecule has 0 aromatic rings. The third kappa shape index (κ3) is 4.91. The van der Waals surface area contributed by atoms with Crippen molar-refractivity contribution in [2.24, 2.45) is 0 Å². The molecule has 0 aromatic heterocycles. The van der Waals surface area contributed by atoms with E-state index in [0.29, 0.717) is 13.1 Å². The zero-order valence-electron chi connectivity index (χ0n) is 7.62. The smallest absolute Gasteiger partial charge is 0.301 e. The maximum atomic E-state index is 5.16. The Labute approximate surface area is 76.9 Å². The molecule has 0 saturated heterocycles. The molecule has 2 radical (unpaired) electrons. The van der Waals surface area contributed by atoms with E-state index >= 15 is 0 Å². The van der Waals surface area contributed by atoms with E-state index in [1.165, 1.54) is 0 Å². The van der Waals surface area contributed by atoms with Gasteiger partial charge in [0, 0.05) is 6.54 Å². The molecule has 0 bridgehead atoms. The van der Waals surface area contributed by atoms with E-state index in [2.05, 4.69) is 11.8 Å². The maximum Gasteiger partial charge on any atom is 0.301 e. The highest BCUT2D eigenvalue weighted by Gasteiger charge is 2.06. The van der Waals surface area contributed by atoms with Crippen molar-refractivity contribution in [2.45, 2.75) is 6.82 Å². The van der Waals surface area contributed by atoms with Crippen molar-refractivity contribution < 1.29 is 0 Å². The minimum absolute atomic E-state index is 0.575. The van der Waals surface area contributed by atoms with Crippen LogP contribution in [0.15, 0.2) is 0 Å². The van der Waals surface area contributed by atoms with Gasteiger partial charge in [0.05, 0.1) is 6.54 Å². The van der Waals surface area contributed by atoms with Gasteiger partial charge in [-0.3, -0.25) is 0 Å². The summed E-state index contributed by atoms with van der Waals surface area (Å²) in [5.41, 5.74) is 0. The highest BCUT2D eigenvalue weighted by molar-refractivity contribution is 6.47. The molecular weight excluding hydrogens is 146 g/mol. The minimum atomic E-state index is 0.575. The number of hydrogen-bond donors (Lipinski definition) is 0. The number of hydrogen-bond acceptors (Lipinski definition) is 2. The van der Waals surface area contributed by atoms with E-state index in [1.807, 2.05) is 38.4 Å². The van der Waals surface area contributed by atoms with E-state index in [1.54, 1.807) is 0 Å². The number of nitrogens with zero attached hydrogens (tertiary/aromatic N) is 2. The van der Waals surface area contributed by atoms with Gasteiger partial charge in [-0.15, -0.1) is 12.8 Å². The quantitative estimate of drug-likeness (QED) is 0.399. The summed E-state index contributed by atoms with van der Waals surface area (Å²) in [6.45, 7) is 3.10. The molecule has 0 fully saturated rings. The lowest BCUT2D eigenvalue weighted by molar-refractivity contribution is 0.557. The maximum absolute atomic E-state index is 5.16. The van der Waals surface area contributed by atoms with Crippen molar-refractivity contribution in [3.8, 4) is 24.7 Å². The predicted molar refractivity (Wildman–Crippen MR) is 54.4 cm³/mol. The van der Waals surface area contributed by atoms with Crippen LogP contribution in [0.25, 0.3) is 0 Å². The zero-order chi connectivity index (χ0) is 9.40. The lowest BCUT2D eigenvalue weighted by Gasteiger charge is -2.21. The highest BCUT2D eigenvalue weighted by Crippen LogP contribution is 1.85. The van der Waals surface area contributed by atoms with Gasteiger partial charge in [0.15, 0.2) is 7.41 Å². The Balaban J connectivity index is 3.71. The van der Waals surface area contributed by atoms with Crippen LogP contribution < -0.4 is 0 Å². The fourth-order valence-electron chi connectivity index (χ4n) is 0.742. The second-order valence-corrected chi connectivity index (χ2v) is 2.37. The van der Waals surface area contributed by atoms with Crippen molar-refractivity contribution in [1.29, 1.82) is 0 Å². The second kappa shape index (κ2) is 6.85. The summed E-state index contributed by atoms with van der Waals surface area (Å²) in [7, 11) is 5.71. The van der Waals surface area contributed by atoms with Crippen molar-refractivity contribution in [3.05, 3.63) is 0 Å². The summed E-state index contributed by atoms with van der Waals surface area (Å²) in [5.74, 6) is 5.09. The molecule has 0 aromatic carbocycles. The molecule has 60 valence electrons. The first-order valence-corrected chi connectivity index (χ1v) is 3.72. The zero-order valence-corrected chi connectivity index (χ0v) is 7.62. The summed E-state index contributed by atoms with van der Waals surface area (Å²) in [4.78, 5) is 1.90. The van der Waals surface area contributed by atoms with E-state index in [9.17, 15) is 0 Å². The third-order valence-corrected chi connectivity index (χ3v) is 1.29. The number of rotatable bonds is 5. The molecule has 0 aliphatic carbocycles. The van der Waals surface area contributed by atoms with Gasteiger partial charge in [-0.25, -0.2) is 0 Å². The van der Waals surface area contributed by atoms with Gasteiger partial charge in [-0.2, -0.15) is 0 Å². The molecule has 0 atom stereocenters. The molecule has 0 saturated carbocycles. The fraction of sp³-hybridized carbons (Fsp3) is 0.500. The van der Waals surface area contributed by atoms with Crippen LogP contribution in [0, 0.1) is 24.7 Å². The molecule has 12 heavy (non-hydrogen) atoms. The van der Waals surface area contributed by atoms with Gasteiger partial charge in [0.25, 0.3) is 0 Å². The van der Waals surface area contributed by atoms with Gasteiger partial charge < -0.3 is 9.53 Å². The van der Waals surface area contributed by atoms with Crippen LogP contribution in [0.1, 0.15) is 0 Å². The minimum Gasteiger partial charge on any atom is -0.368 e. The monoisotopic (exact) mass is 158 g/mol. The van der Waals surface area contributed by atoms with Gasteiger partial charge >= 0.3 is 7.55 Å². The molecule has 2 nitrogen and oxygen atoms in total. The third-order valence-electron chi connectivity index (χ3n) is 1.29. The summed E-state index contributed by atoms with van der Waals surface area (Å²) in [6, 6.07) is 0. The van der Waals surface area contributed by atoms with Crippen LogP contribution in [0.5, 0.6) is 0 Å². The molecule has 0 amide bonds. The first-order valence-electron chi connectivity index (χ1n) is 3.72. The molecule has 0 aliphatic heterocycles. The van der Waals surface area contributed by atoms with E-state index in [-0.39, 0.29) is 0 Å². The Morgan fingerprint density at radius 2 is 1.83 bits per heavy atom. The van der Waals surface area contributed by atoms with Crippen molar-refractivity contribution in [2.75, 3.05) is 20.1 Å². The lowest BCUT2D eigenvalue weighted by Crippen LogP contribution is -2.41. The normalized spacial score (nSPS) is 9.17. The number of terminal acetylenes is 2. The summed E-state index contributed by atoms with van der Waals surface area (Å²) in [5, 5.41) is 0. The Hall–Kier alpha value is -0.830. The largest absolute Gasteiger partial charge is 0.368 e. The first-order chi connectivity index (χ1) is 5.74. The van der Waals surface area contributed by atoms with Crippen LogP contribution in [0.3, 0.4) is 0 Å². The van der Waals surface area contributed by atoms with E-state index in [0.717, 1.165) is 0 Å².